The molecule has 0 aliphatic heterocycles. The Morgan fingerprint density at radius 3 is 1.40 bits per heavy atom. The van der Waals surface area contributed by atoms with Gasteiger partial charge in [0, 0.05) is 30.4 Å². The van der Waals surface area contributed by atoms with Gasteiger partial charge in [-0.1, -0.05) is 111 Å². The second-order valence-electron chi connectivity index (χ2n) is 11.3. The van der Waals surface area contributed by atoms with Crippen molar-refractivity contribution in [1.29, 1.82) is 0 Å². The van der Waals surface area contributed by atoms with E-state index in [0.29, 0.717) is 0 Å². The number of methoxy groups -OCH3 is 1. The van der Waals surface area contributed by atoms with E-state index in [1.807, 2.05) is 0 Å². The highest BCUT2D eigenvalue weighted by Crippen LogP contribution is 2.45. The Balaban J connectivity index is 1.73. The molecule has 3 nitrogen and oxygen atoms in total. The van der Waals surface area contributed by atoms with Crippen LogP contribution in [-0.4, -0.2) is 7.11 Å². The molecule has 0 aliphatic carbocycles. The highest BCUT2D eigenvalue weighted by molar-refractivity contribution is 5.72. The fraction of sp³-hybridized carbons (Fsp3) is 0.250. The van der Waals surface area contributed by atoms with Gasteiger partial charge in [-0.3, -0.25) is 0 Å². The fourth-order valence-electron chi connectivity index (χ4n) is 6.14. The molecule has 0 fully saturated rings. The molecule has 0 aromatic heterocycles. The molecule has 0 unspecified atom stereocenters. The maximum absolute atomic E-state index is 5.58. The van der Waals surface area contributed by atoms with Crippen molar-refractivity contribution in [2.75, 3.05) is 17.7 Å². The van der Waals surface area contributed by atoms with Gasteiger partial charge in [0.25, 0.3) is 0 Å². The van der Waals surface area contributed by atoms with Crippen LogP contribution in [-0.2, 0) is 25.9 Å². The Morgan fingerprint density at radius 2 is 1.00 bits per heavy atom. The van der Waals surface area contributed by atoms with Crippen LogP contribution in [0.5, 0.6) is 5.75 Å². The SMILES string of the molecule is CCc1ccc(C)c(C(c2ccc(OC)cc2)c2c(C)ccc(CC)c2NCc2ccccc2)c1NCc1ccccc1. The van der Waals surface area contributed by atoms with Crippen LogP contribution in [0.25, 0.3) is 0 Å². The quantitative estimate of drug-likeness (QED) is 0.147. The van der Waals surface area contributed by atoms with E-state index in [9.17, 15) is 0 Å². The topological polar surface area (TPSA) is 33.3 Å². The minimum atomic E-state index is 0.0143. The first-order chi connectivity index (χ1) is 21.0. The van der Waals surface area contributed by atoms with Crippen molar-refractivity contribution in [3.63, 3.8) is 0 Å². The van der Waals surface area contributed by atoms with Crippen molar-refractivity contribution in [3.05, 3.63) is 159 Å². The molecule has 0 saturated carbocycles. The summed E-state index contributed by atoms with van der Waals surface area (Å²) in [7, 11) is 1.73. The molecule has 220 valence electrons. The number of ether oxygens (including phenoxy) is 1. The smallest absolute Gasteiger partial charge is 0.118 e. The van der Waals surface area contributed by atoms with Gasteiger partial charge in [-0.2, -0.15) is 0 Å². The summed E-state index contributed by atoms with van der Waals surface area (Å²) in [6.07, 6.45) is 1.90. The van der Waals surface area contributed by atoms with Gasteiger partial charge in [0.1, 0.15) is 5.75 Å². The number of benzene rings is 5. The second kappa shape index (κ2) is 14.1. The molecule has 0 saturated heterocycles. The van der Waals surface area contributed by atoms with E-state index >= 15 is 0 Å². The molecule has 0 atom stereocenters. The van der Waals surface area contributed by atoms with Gasteiger partial charge in [-0.15, -0.1) is 0 Å². The van der Waals surface area contributed by atoms with Gasteiger partial charge < -0.3 is 15.4 Å². The summed E-state index contributed by atoms with van der Waals surface area (Å²) in [4.78, 5) is 0. The lowest BCUT2D eigenvalue weighted by Crippen LogP contribution is -2.16. The largest absolute Gasteiger partial charge is 0.497 e. The standard InChI is InChI=1S/C40H44N2O/c1-6-32-20-18-28(3)36(39(32)41-26-30-14-10-8-11-15-30)38(34-22-24-35(43-5)25-23-34)37-29(4)19-21-33(7-2)40(37)42-27-31-16-12-9-13-17-31/h8-25,38,41-42H,6-7,26-27H2,1-5H3. The van der Waals surface area contributed by atoms with Crippen molar-refractivity contribution in [1.82, 2.24) is 0 Å². The summed E-state index contributed by atoms with van der Waals surface area (Å²) >= 11 is 0. The minimum absolute atomic E-state index is 0.0143. The van der Waals surface area contributed by atoms with Gasteiger partial charge in [0.05, 0.1) is 7.11 Å². The predicted molar refractivity (Wildman–Crippen MR) is 183 cm³/mol. The van der Waals surface area contributed by atoms with Crippen molar-refractivity contribution in [2.24, 2.45) is 0 Å². The summed E-state index contributed by atoms with van der Waals surface area (Å²) in [5.41, 5.74) is 14.2. The molecule has 5 aromatic carbocycles. The molecule has 2 N–H and O–H groups in total. The van der Waals surface area contributed by atoms with Gasteiger partial charge in [-0.05, 0) is 88.9 Å². The van der Waals surface area contributed by atoms with E-state index in [-0.39, 0.29) is 5.92 Å². The van der Waals surface area contributed by atoms with Crippen LogP contribution in [0.3, 0.4) is 0 Å². The van der Waals surface area contributed by atoms with Crippen LogP contribution in [0, 0.1) is 13.8 Å². The van der Waals surface area contributed by atoms with Gasteiger partial charge >= 0.3 is 0 Å². The van der Waals surface area contributed by atoms with Crippen LogP contribution in [0.4, 0.5) is 11.4 Å². The summed E-state index contributed by atoms with van der Waals surface area (Å²) < 4.78 is 5.58. The van der Waals surface area contributed by atoms with Crippen LogP contribution in [0.2, 0.25) is 0 Å². The molecule has 0 bridgehead atoms. The van der Waals surface area contributed by atoms with Crippen molar-refractivity contribution in [2.45, 2.75) is 59.5 Å². The van der Waals surface area contributed by atoms with E-state index in [0.717, 1.165) is 31.7 Å². The number of anilines is 2. The Labute approximate surface area is 258 Å². The van der Waals surface area contributed by atoms with Crippen molar-refractivity contribution in [3.8, 4) is 5.75 Å². The van der Waals surface area contributed by atoms with Crippen LogP contribution in [0.1, 0.15) is 69.8 Å². The lowest BCUT2D eigenvalue weighted by atomic mass is 9.77. The average molecular weight is 569 g/mol. The first-order valence-corrected chi connectivity index (χ1v) is 15.5. The van der Waals surface area contributed by atoms with Gasteiger partial charge in [-0.25, -0.2) is 0 Å². The summed E-state index contributed by atoms with van der Waals surface area (Å²) in [6.45, 7) is 10.6. The predicted octanol–water partition coefficient (Wildman–Crippen LogP) is 9.84. The minimum Gasteiger partial charge on any atom is -0.497 e. The maximum Gasteiger partial charge on any atom is 0.118 e. The molecule has 5 aromatic rings. The molecule has 0 aliphatic rings. The van der Waals surface area contributed by atoms with Crippen LogP contribution in [0.15, 0.2) is 109 Å². The summed E-state index contributed by atoms with van der Waals surface area (Å²) in [5.74, 6) is 0.880. The third kappa shape index (κ3) is 6.78. The normalized spacial score (nSPS) is 11.0. The van der Waals surface area contributed by atoms with Crippen LogP contribution < -0.4 is 15.4 Å². The van der Waals surface area contributed by atoms with E-state index < -0.39 is 0 Å². The van der Waals surface area contributed by atoms with Crippen molar-refractivity contribution >= 4 is 11.4 Å². The van der Waals surface area contributed by atoms with E-state index in [4.69, 9.17) is 4.74 Å². The number of nitrogens with one attached hydrogen (secondary N) is 2. The third-order valence-corrected chi connectivity index (χ3v) is 8.51. The van der Waals surface area contributed by atoms with E-state index in [1.54, 1.807) is 7.11 Å². The first-order valence-electron chi connectivity index (χ1n) is 15.5. The Kier molecular flexibility index (Phi) is 9.84. The molecular formula is C40H44N2O. The average Bonchev–Trinajstić information content (AvgIpc) is 3.05. The van der Waals surface area contributed by atoms with Gasteiger partial charge in [0.15, 0.2) is 0 Å². The fourth-order valence-corrected chi connectivity index (χ4v) is 6.14. The van der Waals surface area contributed by atoms with Crippen molar-refractivity contribution < 1.29 is 4.74 Å². The lowest BCUT2D eigenvalue weighted by molar-refractivity contribution is 0.414. The number of aryl methyl sites for hydroxylation is 4. The molecule has 43 heavy (non-hydrogen) atoms. The highest BCUT2D eigenvalue weighted by Gasteiger charge is 2.28. The zero-order valence-corrected chi connectivity index (χ0v) is 26.2. The lowest BCUT2D eigenvalue weighted by Gasteiger charge is -2.30. The highest BCUT2D eigenvalue weighted by atomic mass is 16.5. The zero-order chi connectivity index (χ0) is 30.2. The number of hydrogen-bond acceptors (Lipinski definition) is 3. The Bertz CT molecular complexity index is 1520. The molecule has 0 amide bonds. The maximum atomic E-state index is 5.58. The molecule has 5 rings (SSSR count). The first kappa shape index (κ1) is 30.0. The zero-order valence-electron chi connectivity index (χ0n) is 26.2. The van der Waals surface area contributed by atoms with E-state index in [1.165, 1.54) is 61.4 Å². The molecule has 0 spiro atoms. The molecule has 0 radical (unpaired) electrons. The Hall–Kier alpha value is -4.50. The molecule has 0 heterocycles. The van der Waals surface area contributed by atoms with E-state index in [2.05, 4.69) is 148 Å². The van der Waals surface area contributed by atoms with Gasteiger partial charge in [0.2, 0.25) is 0 Å². The third-order valence-electron chi connectivity index (χ3n) is 8.51. The monoisotopic (exact) mass is 568 g/mol. The summed E-state index contributed by atoms with van der Waals surface area (Å²) in [5, 5.41) is 7.83. The van der Waals surface area contributed by atoms with Crippen LogP contribution >= 0.6 is 0 Å². The Morgan fingerprint density at radius 1 is 0.558 bits per heavy atom. The second-order valence-corrected chi connectivity index (χ2v) is 11.3. The molecule has 3 heteroatoms. The molecular weight excluding hydrogens is 524 g/mol. The number of hydrogen-bond donors (Lipinski definition) is 2. The summed E-state index contributed by atoms with van der Waals surface area (Å²) in [6, 6.07) is 39.2. The number of rotatable bonds is 12.